The quantitative estimate of drug-likeness (QED) is 0.616. The summed E-state index contributed by atoms with van der Waals surface area (Å²) < 4.78 is 0. The summed E-state index contributed by atoms with van der Waals surface area (Å²) in [6, 6.07) is 19.4. The average Bonchev–Trinajstić information content (AvgIpc) is 2.55. The monoisotopic (exact) mass is 281 g/mol. The van der Waals surface area contributed by atoms with Gasteiger partial charge in [0.05, 0.1) is 0 Å². The highest BCUT2D eigenvalue weighted by atomic mass is 14.6. The summed E-state index contributed by atoms with van der Waals surface area (Å²) in [4.78, 5) is 0. The van der Waals surface area contributed by atoms with Crippen LogP contribution in [0, 0.1) is 0 Å². The van der Waals surface area contributed by atoms with Crippen LogP contribution in [0.1, 0.15) is 57.1 Å². The molecule has 1 unspecified atom stereocenters. The van der Waals surface area contributed by atoms with Gasteiger partial charge in [0.2, 0.25) is 0 Å². The van der Waals surface area contributed by atoms with Crippen LogP contribution < -0.4 is 5.73 Å². The molecule has 112 valence electrons. The second-order valence-corrected chi connectivity index (χ2v) is 5.80. The van der Waals surface area contributed by atoms with Gasteiger partial charge >= 0.3 is 0 Å². The topological polar surface area (TPSA) is 26.0 Å². The van der Waals surface area contributed by atoms with E-state index in [9.17, 15) is 0 Å². The molecule has 0 aliphatic heterocycles. The Bertz CT molecular complexity index is 501. The molecule has 1 atom stereocenters. The molecule has 2 rings (SSSR count). The maximum Gasteiger partial charge on any atom is 0.0294 e. The number of nitrogens with two attached hydrogens (primary N) is 1. The van der Waals surface area contributed by atoms with Crippen LogP contribution in [0.3, 0.4) is 0 Å². The molecule has 0 amide bonds. The Balaban J connectivity index is 1.87. The zero-order valence-electron chi connectivity index (χ0n) is 13.1. The lowest BCUT2D eigenvalue weighted by Gasteiger charge is -2.12. The van der Waals surface area contributed by atoms with E-state index in [0.717, 1.165) is 6.42 Å². The van der Waals surface area contributed by atoms with Crippen LogP contribution >= 0.6 is 0 Å². The van der Waals surface area contributed by atoms with Crippen molar-refractivity contribution in [3.63, 3.8) is 0 Å². The molecule has 1 heteroatoms. The van der Waals surface area contributed by atoms with Crippen LogP contribution in [0.4, 0.5) is 0 Å². The second kappa shape index (κ2) is 8.63. The smallest absolute Gasteiger partial charge is 0.0294 e. The highest BCUT2D eigenvalue weighted by Gasteiger charge is 2.06. The third-order valence-electron chi connectivity index (χ3n) is 4.06. The summed E-state index contributed by atoms with van der Waals surface area (Å²) in [5.41, 5.74) is 10.1. The van der Waals surface area contributed by atoms with Gasteiger partial charge in [-0.2, -0.15) is 0 Å². The minimum Gasteiger partial charge on any atom is -0.324 e. The number of hydrogen-bond acceptors (Lipinski definition) is 1. The van der Waals surface area contributed by atoms with Gasteiger partial charge in [0.1, 0.15) is 0 Å². The SMILES string of the molecule is CCCCCCCC(N)c1ccc(-c2ccccc2)cc1. The Morgan fingerprint density at radius 2 is 1.38 bits per heavy atom. The van der Waals surface area contributed by atoms with Gasteiger partial charge in [-0.15, -0.1) is 0 Å². The molecule has 0 saturated heterocycles. The Morgan fingerprint density at radius 1 is 0.762 bits per heavy atom. The maximum atomic E-state index is 6.30. The molecule has 2 aromatic carbocycles. The second-order valence-electron chi connectivity index (χ2n) is 5.80. The zero-order chi connectivity index (χ0) is 14.9. The van der Waals surface area contributed by atoms with E-state index >= 15 is 0 Å². The molecule has 1 nitrogen and oxygen atoms in total. The largest absolute Gasteiger partial charge is 0.324 e. The fourth-order valence-electron chi connectivity index (χ4n) is 2.69. The van der Waals surface area contributed by atoms with Gasteiger partial charge in [-0.25, -0.2) is 0 Å². The summed E-state index contributed by atoms with van der Waals surface area (Å²) in [5, 5.41) is 0. The molecule has 2 aromatic rings. The average molecular weight is 281 g/mol. The zero-order valence-corrected chi connectivity index (χ0v) is 13.1. The van der Waals surface area contributed by atoms with E-state index in [1.807, 2.05) is 6.07 Å². The molecule has 0 fully saturated rings. The number of unbranched alkanes of at least 4 members (excludes halogenated alkanes) is 4. The van der Waals surface area contributed by atoms with Crippen molar-refractivity contribution in [2.24, 2.45) is 5.73 Å². The van der Waals surface area contributed by atoms with Crippen LogP contribution in [0.25, 0.3) is 11.1 Å². The van der Waals surface area contributed by atoms with Crippen LogP contribution in [-0.4, -0.2) is 0 Å². The van der Waals surface area contributed by atoms with E-state index in [-0.39, 0.29) is 6.04 Å². The molecule has 0 aromatic heterocycles. The molecule has 0 aliphatic carbocycles. The summed E-state index contributed by atoms with van der Waals surface area (Å²) in [6.45, 7) is 2.25. The van der Waals surface area contributed by atoms with Gasteiger partial charge in [0.15, 0.2) is 0 Å². The van der Waals surface area contributed by atoms with Gasteiger partial charge < -0.3 is 5.73 Å². The van der Waals surface area contributed by atoms with E-state index in [4.69, 9.17) is 5.73 Å². The minimum atomic E-state index is 0.177. The number of hydrogen-bond donors (Lipinski definition) is 1. The molecular formula is C20H27N. The highest BCUT2D eigenvalue weighted by molar-refractivity contribution is 5.63. The summed E-state index contributed by atoms with van der Waals surface area (Å²) in [5.74, 6) is 0. The van der Waals surface area contributed by atoms with Crippen molar-refractivity contribution in [3.05, 3.63) is 60.2 Å². The Hall–Kier alpha value is -1.60. The van der Waals surface area contributed by atoms with Gasteiger partial charge in [0, 0.05) is 6.04 Å². The van der Waals surface area contributed by atoms with E-state index in [2.05, 4.69) is 55.5 Å². The Morgan fingerprint density at radius 3 is 2.05 bits per heavy atom. The lowest BCUT2D eigenvalue weighted by molar-refractivity contribution is 0.555. The molecule has 0 saturated carbocycles. The van der Waals surface area contributed by atoms with Crippen LogP contribution in [-0.2, 0) is 0 Å². The molecule has 0 aliphatic rings. The molecule has 0 radical (unpaired) electrons. The van der Waals surface area contributed by atoms with Crippen molar-refractivity contribution < 1.29 is 0 Å². The van der Waals surface area contributed by atoms with Crippen molar-refractivity contribution in [2.45, 2.75) is 51.5 Å². The van der Waals surface area contributed by atoms with Crippen LogP contribution in [0.2, 0.25) is 0 Å². The molecule has 0 bridgehead atoms. The summed E-state index contributed by atoms with van der Waals surface area (Å²) in [7, 11) is 0. The van der Waals surface area contributed by atoms with Gasteiger partial charge in [-0.3, -0.25) is 0 Å². The third-order valence-corrected chi connectivity index (χ3v) is 4.06. The highest BCUT2D eigenvalue weighted by Crippen LogP contribution is 2.23. The van der Waals surface area contributed by atoms with Crippen molar-refractivity contribution >= 4 is 0 Å². The van der Waals surface area contributed by atoms with Crippen LogP contribution in [0.15, 0.2) is 54.6 Å². The first kappa shape index (κ1) is 15.8. The predicted octanol–water partition coefficient (Wildman–Crippen LogP) is 5.71. The lowest BCUT2D eigenvalue weighted by atomic mass is 9.98. The minimum absolute atomic E-state index is 0.177. The fourth-order valence-corrected chi connectivity index (χ4v) is 2.69. The molecular weight excluding hydrogens is 254 g/mol. The van der Waals surface area contributed by atoms with Crippen molar-refractivity contribution in [3.8, 4) is 11.1 Å². The molecule has 0 heterocycles. The van der Waals surface area contributed by atoms with Crippen molar-refractivity contribution in [1.82, 2.24) is 0 Å². The van der Waals surface area contributed by atoms with E-state index in [1.165, 1.54) is 48.8 Å². The number of benzene rings is 2. The fraction of sp³-hybridized carbons (Fsp3) is 0.400. The molecule has 21 heavy (non-hydrogen) atoms. The predicted molar refractivity (Wildman–Crippen MR) is 92.2 cm³/mol. The first-order valence-electron chi connectivity index (χ1n) is 8.22. The first-order chi connectivity index (χ1) is 10.3. The maximum absolute atomic E-state index is 6.30. The normalized spacial score (nSPS) is 12.3. The van der Waals surface area contributed by atoms with E-state index in [1.54, 1.807) is 0 Å². The third kappa shape index (κ3) is 5.02. The van der Waals surface area contributed by atoms with Gasteiger partial charge in [-0.05, 0) is 23.1 Å². The summed E-state index contributed by atoms with van der Waals surface area (Å²) in [6.07, 6.45) is 7.63. The first-order valence-corrected chi connectivity index (χ1v) is 8.22. The lowest BCUT2D eigenvalue weighted by Crippen LogP contribution is -2.09. The van der Waals surface area contributed by atoms with Crippen molar-refractivity contribution in [1.29, 1.82) is 0 Å². The van der Waals surface area contributed by atoms with Gasteiger partial charge in [-0.1, -0.05) is 93.6 Å². The Labute approximate surface area is 129 Å². The summed E-state index contributed by atoms with van der Waals surface area (Å²) >= 11 is 0. The van der Waals surface area contributed by atoms with E-state index in [0.29, 0.717) is 0 Å². The Kier molecular flexibility index (Phi) is 6.49. The van der Waals surface area contributed by atoms with E-state index < -0.39 is 0 Å². The van der Waals surface area contributed by atoms with Gasteiger partial charge in [0.25, 0.3) is 0 Å². The molecule has 0 spiro atoms. The van der Waals surface area contributed by atoms with Crippen molar-refractivity contribution in [2.75, 3.05) is 0 Å². The molecule has 2 N–H and O–H groups in total. The standard InChI is InChI=1S/C20H27N/c1-2-3-4-5-9-12-20(21)19-15-13-18(14-16-19)17-10-7-6-8-11-17/h6-8,10-11,13-16,20H,2-5,9,12,21H2,1H3. The van der Waals surface area contributed by atoms with Crippen LogP contribution in [0.5, 0.6) is 0 Å². The number of rotatable bonds is 8.